The molecule has 0 fully saturated rings. The topological polar surface area (TPSA) is 26.0 Å². The summed E-state index contributed by atoms with van der Waals surface area (Å²) in [5.74, 6) is 0.787. The van der Waals surface area contributed by atoms with Crippen molar-refractivity contribution in [3.05, 3.63) is 34.9 Å². The van der Waals surface area contributed by atoms with Crippen LogP contribution in [0, 0.1) is 19.8 Å². The fraction of sp³-hybridized carbons (Fsp3) is 0.625. The van der Waals surface area contributed by atoms with E-state index in [-0.39, 0.29) is 0 Å². The van der Waals surface area contributed by atoms with E-state index < -0.39 is 0 Å². The molecule has 0 amide bonds. The summed E-state index contributed by atoms with van der Waals surface area (Å²) in [6.07, 6.45) is 4.67. The highest BCUT2D eigenvalue weighted by molar-refractivity contribution is 5.31. The van der Waals surface area contributed by atoms with Crippen LogP contribution in [-0.2, 0) is 6.42 Å². The van der Waals surface area contributed by atoms with E-state index in [1.165, 1.54) is 29.5 Å². The maximum atomic E-state index is 6.28. The normalized spacial score (nSPS) is 13.1. The summed E-state index contributed by atoms with van der Waals surface area (Å²) in [6.45, 7) is 8.85. The molecule has 1 aromatic rings. The van der Waals surface area contributed by atoms with Crippen molar-refractivity contribution in [2.75, 3.05) is 0 Å². The first kappa shape index (κ1) is 14.2. The van der Waals surface area contributed by atoms with E-state index in [4.69, 9.17) is 5.73 Å². The molecule has 1 nitrogen and oxygen atoms in total. The van der Waals surface area contributed by atoms with Crippen LogP contribution in [0.4, 0.5) is 0 Å². The van der Waals surface area contributed by atoms with Gasteiger partial charge in [-0.05, 0) is 43.7 Å². The van der Waals surface area contributed by atoms with Gasteiger partial charge in [0.1, 0.15) is 0 Å². The Labute approximate surface area is 106 Å². The van der Waals surface area contributed by atoms with E-state index in [1.54, 1.807) is 0 Å². The SMILES string of the molecule is CCC(CC)CC(N)Cc1cc(C)ccc1C. The minimum Gasteiger partial charge on any atom is -0.327 e. The molecule has 0 spiro atoms. The molecule has 0 radical (unpaired) electrons. The first-order valence-electron chi connectivity index (χ1n) is 6.88. The van der Waals surface area contributed by atoms with Crippen molar-refractivity contribution in [3.8, 4) is 0 Å². The van der Waals surface area contributed by atoms with Crippen LogP contribution in [0.1, 0.15) is 49.8 Å². The van der Waals surface area contributed by atoms with E-state index in [0.29, 0.717) is 6.04 Å². The zero-order valence-electron chi connectivity index (χ0n) is 11.8. The largest absolute Gasteiger partial charge is 0.327 e. The van der Waals surface area contributed by atoms with Gasteiger partial charge in [-0.2, -0.15) is 0 Å². The first-order valence-corrected chi connectivity index (χ1v) is 6.88. The van der Waals surface area contributed by atoms with Gasteiger partial charge in [-0.3, -0.25) is 0 Å². The smallest absolute Gasteiger partial charge is 0.00820 e. The molecule has 0 heterocycles. The molecule has 0 saturated heterocycles. The zero-order valence-corrected chi connectivity index (χ0v) is 11.8. The molecule has 0 aliphatic rings. The van der Waals surface area contributed by atoms with Gasteiger partial charge in [0.15, 0.2) is 0 Å². The highest BCUT2D eigenvalue weighted by Gasteiger charge is 2.12. The number of nitrogens with two attached hydrogens (primary N) is 1. The molecule has 1 rings (SSSR count). The van der Waals surface area contributed by atoms with Gasteiger partial charge in [0, 0.05) is 6.04 Å². The van der Waals surface area contributed by atoms with Crippen molar-refractivity contribution in [2.24, 2.45) is 11.7 Å². The van der Waals surface area contributed by atoms with Crippen LogP contribution in [-0.4, -0.2) is 6.04 Å². The Morgan fingerprint density at radius 1 is 1.12 bits per heavy atom. The molecule has 0 aliphatic carbocycles. The highest BCUT2D eigenvalue weighted by Crippen LogP contribution is 2.18. The molecule has 1 heteroatoms. The molecular formula is C16H27N. The molecule has 2 N–H and O–H groups in total. The Kier molecular flexibility index (Phi) is 5.70. The Hall–Kier alpha value is -0.820. The third-order valence-corrected chi connectivity index (χ3v) is 3.78. The minimum atomic E-state index is 0.306. The van der Waals surface area contributed by atoms with E-state index in [1.807, 2.05) is 0 Å². The van der Waals surface area contributed by atoms with Crippen molar-refractivity contribution in [1.82, 2.24) is 0 Å². The van der Waals surface area contributed by atoms with Crippen molar-refractivity contribution in [2.45, 2.75) is 59.4 Å². The Morgan fingerprint density at radius 3 is 2.35 bits per heavy atom. The third-order valence-electron chi connectivity index (χ3n) is 3.78. The van der Waals surface area contributed by atoms with Gasteiger partial charge >= 0.3 is 0 Å². The quantitative estimate of drug-likeness (QED) is 0.789. The van der Waals surface area contributed by atoms with Gasteiger partial charge < -0.3 is 5.73 Å². The van der Waals surface area contributed by atoms with Crippen LogP contribution in [0.2, 0.25) is 0 Å². The van der Waals surface area contributed by atoms with Gasteiger partial charge in [-0.25, -0.2) is 0 Å². The van der Waals surface area contributed by atoms with Crippen LogP contribution < -0.4 is 5.73 Å². The number of rotatable bonds is 6. The van der Waals surface area contributed by atoms with Crippen molar-refractivity contribution < 1.29 is 0 Å². The fourth-order valence-electron chi connectivity index (χ4n) is 2.44. The monoisotopic (exact) mass is 233 g/mol. The van der Waals surface area contributed by atoms with Gasteiger partial charge in [0.2, 0.25) is 0 Å². The van der Waals surface area contributed by atoms with Crippen molar-refractivity contribution in [3.63, 3.8) is 0 Å². The van der Waals surface area contributed by atoms with E-state index in [0.717, 1.165) is 18.8 Å². The van der Waals surface area contributed by atoms with Crippen molar-refractivity contribution in [1.29, 1.82) is 0 Å². The summed E-state index contributed by atoms with van der Waals surface area (Å²) in [5, 5.41) is 0. The zero-order chi connectivity index (χ0) is 12.8. The summed E-state index contributed by atoms with van der Waals surface area (Å²) in [4.78, 5) is 0. The molecular weight excluding hydrogens is 206 g/mol. The lowest BCUT2D eigenvalue weighted by Gasteiger charge is -2.19. The first-order chi connectivity index (χ1) is 8.06. The maximum absolute atomic E-state index is 6.28. The second-order valence-corrected chi connectivity index (χ2v) is 5.31. The predicted molar refractivity (Wildman–Crippen MR) is 76.3 cm³/mol. The molecule has 1 unspecified atom stereocenters. The van der Waals surface area contributed by atoms with Crippen LogP contribution in [0.5, 0.6) is 0 Å². The minimum absolute atomic E-state index is 0.306. The molecule has 1 atom stereocenters. The van der Waals surface area contributed by atoms with Gasteiger partial charge in [0.05, 0.1) is 0 Å². The third kappa shape index (κ3) is 4.51. The summed E-state index contributed by atoms with van der Waals surface area (Å²) < 4.78 is 0. The van der Waals surface area contributed by atoms with Gasteiger partial charge in [-0.15, -0.1) is 0 Å². The summed E-state index contributed by atoms with van der Waals surface area (Å²) in [7, 11) is 0. The van der Waals surface area contributed by atoms with Crippen LogP contribution in [0.15, 0.2) is 18.2 Å². The van der Waals surface area contributed by atoms with Gasteiger partial charge in [-0.1, -0.05) is 50.5 Å². The molecule has 0 aromatic heterocycles. The molecule has 0 aliphatic heterocycles. The summed E-state index contributed by atoms with van der Waals surface area (Å²) >= 11 is 0. The van der Waals surface area contributed by atoms with E-state index >= 15 is 0 Å². The van der Waals surface area contributed by atoms with Crippen LogP contribution in [0.25, 0.3) is 0 Å². The Morgan fingerprint density at radius 2 is 1.76 bits per heavy atom. The maximum Gasteiger partial charge on any atom is 0.00820 e. The Balaban J connectivity index is 2.61. The summed E-state index contributed by atoms with van der Waals surface area (Å²) in [6, 6.07) is 6.96. The average Bonchev–Trinajstić information content (AvgIpc) is 2.31. The second-order valence-electron chi connectivity index (χ2n) is 5.31. The number of hydrogen-bond donors (Lipinski definition) is 1. The van der Waals surface area contributed by atoms with E-state index in [2.05, 4.69) is 45.9 Å². The highest BCUT2D eigenvalue weighted by atomic mass is 14.6. The fourth-order valence-corrected chi connectivity index (χ4v) is 2.44. The molecule has 96 valence electrons. The van der Waals surface area contributed by atoms with Crippen molar-refractivity contribution >= 4 is 0 Å². The molecule has 0 bridgehead atoms. The van der Waals surface area contributed by atoms with Crippen LogP contribution in [0.3, 0.4) is 0 Å². The van der Waals surface area contributed by atoms with E-state index in [9.17, 15) is 0 Å². The summed E-state index contributed by atoms with van der Waals surface area (Å²) in [5.41, 5.74) is 10.4. The van der Waals surface area contributed by atoms with Gasteiger partial charge in [0.25, 0.3) is 0 Å². The number of benzene rings is 1. The number of hydrogen-bond acceptors (Lipinski definition) is 1. The van der Waals surface area contributed by atoms with Crippen LogP contribution >= 0.6 is 0 Å². The lowest BCUT2D eigenvalue weighted by Crippen LogP contribution is -2.26. The molecule has 1 aromatic carbocycles. The lowest BCUT2D eigenvalue weighted by molar-refractivity contribution is 0.407. The average molecular weight is 233 g/mol. The molecule has 0 saturated carbocycles. The lowest BCUT2D eigenvalue weighted by atomic mass is 9.90. The second kappa shape index (κ2) is 6.80. The predicted octanol–water partition coefficient (Wildman–Crippen LogP) is 4.00. The molecule has 17 heavy (non-hydrogen) atoms. The Bertz CT molecular complexity index is 339. The number of aryl methyl sites for hydroxylation is 2. The standard InChI is InChI=1S/C16H27N/c1-5-14(6-2)10-16(17)11-15-9-12(3)7-8-13(15)4/h7-9,14,16H,5-6,10-11,17H2,1-4H3.